The van der Waals surface area contributed by atoms with Gasteiger partial charge in [0.05, 0.1) is 32.9 Å². The number of fused-ring (bicyclic) bond motifs is 1. The van der Waals surface area contributed by atoms with E-state index in [0.29, 0.717) is 57.0 Å². The van der Waals surface area contributed by atoms with E-state index in [9.17, 15) is 9.65 Å². The molecule has 3 aromatic rings. The maximum atomic E-state index is 13.8. The molecule has 0 spiro atoms. The minimum absolute atomic E-state index is 0.331. The molecular formula is C31H31BClFN8. The van der Waals surface area contributed by atoms with Crippen molar-refractivity contribution in [3.05, 3.63) is 70.7 Å². The molecule has 1 aromatic carbocycles. The summed E-state index contributed by atoms with van der Waals surface area (Å²) in [7, 11) is 7.11. The van der Waals surface area contributed by atoms with Gasteiger partial charge in [0, 0.05) is 41.8 Å². The van der Waals surface area contributed by atoms with Crippen molar-refractivity contribution in [2.75, 3.05) is 10.6 Å². The molecule has 1 atom stereocenters. The lowest BCUT2D eigenvalue weighted by Gasteiger charge is -2.54. The van der Waals surface area contributed by atoms with Crippen molar-refractivity contribution in [1.82, 2.24) is 25.9 Å². The monoisotopic (exact) mass is 580 g/mol. The smallest absolute Gasteiger partial charge is 0.212 e. The van der Waals surface area contributed by atoms with Crippen molar-refractivity contribution >= 4 is 41.7 Å². The first kappa shape index (κ1) is 26.1. The van der Waals surface area contributed by atoms with Crippen LogP contribution in [-0.4, -0.2) is 34.9 Å². The summed E-state index contributed by atoms with van der Waals surface area (Å²) >= 11 is 6.85. The second kappa shape index (κ2) is 9.75. The molecule has 4 bridgehead atoms. The number of hydrazine groups is 2. The van der Waals surface area contributed by atoms with Crippen LogP contribution in [0.15, 0.2) is 48.6 Å². The van der Waals surface area contributed by atoms with Crippen molar-refractivity contribution in [1.29, 1.82) is 5.26 Å². The van der Waals surface area contributed by atoms with Crippen LogP contribution in [0.1, 0.15) is 56.1 Å². The Balaban J connectivity index is 1.19. The van der Waals surface area contributed by atoms with E-state index < -0.39 is 11.4 Å². The van der Waals surface area contributed by atoms with E-state index in [1.165, 1.54) is 44.4 Å². The summed E-state index contributed by atoms with van der Waals surface area (Å²) in [5.74, 6) is 2.36. The molecule has 6 aliphatic rings. The van der Waals surface area contributed by atoms with Crippen molar-refractivity contribution in [2.45, 2.75) is 62.5 Å². The standard InChI is InChI=1S/C31H31BClFN8/c32-31(21-1-4-27(34)36-14-21,26-15-42(41-40-26)23-2-3-23)39-22-10-24-29(20(12-35)13-37-30(24)25(33)11-22)38-28-18-6-16-5-17(8-18)9-19(28)7-16/h1,4,10-11,13-19,23,28,39-41H,2-3,5-9H2,(H,37,38). The molecule has 3 heterocycles. The number of nitrogens with one attached hydrogen (secondary N) is 4. The van der Waals surface area contributed by atoms with E-state index in [2.05, 4.69) is 37.6 Å². The Morgan fingerprint density at radius 3 is 2.50 bits per heavy atom. The second-order valence-electron chi connectivity index (χ2n) is 12.8. The maximum absolute atomic E-state index is 13.8. The van der Waals surface area contributed by atoms with Gasteiger partial charge in [-0.1, -0.05) is 17.7 Å². The molecule has 5 fully saturated rings. The first-order valence-corrected chi connectivity index (χ1v) is 15.3. The summed E-state index contributed by atoms with van der Waals surface area (Å²) in [5.41, 5.74) is 8.81. The number of nitriles is 1. The molecular weight excluding hydrogens is 550 g/mol. The van der Waals surface area contributed by atoms with Crippen LogP contribution in [0, 0.1) is 41.0 Å². The van der Waals surface area contributed by atoms with Crippen molar-refractivity contribution in [2.24, 2.45) is 23.7 Å². The molecule has 0 saturated heterocycles. The third-order valence-corrected chi connectivity index (χ3v) is 10.3. The molecule has 1 unspecified atom stereocenters. The number of nitrogens with zero attached hydrogens (tertiary/aromatic N) is 4. The molecule has 5 aliphatic carbocycles. The molecule has 2 aromatic heterocycles. The quantitative estimate of drug-likeness (QED) is 0.221. The van der Waals surface area contributed by atoms with Gasteiger partial charge in [-0.15, -0.1) is 5.53 Å². The Morgan fingerprint density at radius 2 is 1.83 bits per heavy atom. The van der Waals surface area contributed by atoms with Gasteiger partial charge in [-0.25, -0.2) is 4.98 Å². The highest BCUT2D eigenvalue weighted by molar-refractivity contribution is 6.36. The average Bonchev–Trinajstić information content (AvgIpc) is 3.70. The van der Waals surface area contributed by atoms with Crippen LogP contribution < -0.4 is 21.6 Å². The fourth-order valence-corrected chi connectivity index (χ4v) is 8.38. The fourth-order valence-electron chi connectivity index (χ4n) is 8.11. The minimum Gasteiger partial charge on any atom is -0.380 e. The molecule has 1 aliphatic heterocycles. The highest BCUT2D eigenvalue weighted by Gasteiger charge is 2.48. The lowest BCUT2D eigenvalue weighted by atomic mass is 9.54. The van der Waals surface area contributed by atoms with Crippen LogP contribution in [0.2, 0.25) is 5.02 Å². The van der Waals surface area contributed by atoms with Crippen LogP contribution in [-0.2, 0) is 5.44 Å². The van der Waals surface area contributed by atoms with Crippen molar-refractivity contribution in [3.63, 3.8) is 0 Å². The SMILES string of the molecule is [B]C(Nc1cc(Cl)c2ncc(C#N)c(NC3C4CC5CC(C4)CC3C5)c2c1)(C1=CN(C2CC2)NN1)c1ccc(F)nc1. The maximum Gasteiger partial charge on any atom is 0.212 e. The molecule has 2 radical (unpaired) electrons. The van der Waals surface area contributed by atoms with E-state index in [-0.39, 0.29) is 0 Å². The zero-order valence-corrected chi connectivity index (χ0v) is 23.8. The largest absolute Gasteiger partial charge is 0.380 e. The van der Waals surface area contributed by atoms with E-state index >= 15 is 0 Å². The molecule has 9 rings (SSSR count). The van der Waals surface area contributed by atoms with Crippen LogP contribution in [0.3, 0.4) is 0 Å². The van der Waals surface area contributed by atoms with Crippen LogP contribution in [0.25, 0.3) is 10.9 Å². The van der Waals surface area contributed by atoms with Crippen LogP contribution >= 0.6 is 11.6 Å². The summed E-state index contributed by atoms with van der Waals surface area (Å²) in [6, 6.07) is 9.74. The molecule has 4 N–H and O–H groups in total. The number of hydrogen-bond donors (Lipinski definition) is 4. The Hall–Kier alpha value is -3.55. The number of pyridine rings is 2. The molecule has 212 valence electrons. The predicted molar refractivity (Wildman–Crippen MR) is 160 cm³/mol. The van der Waals surface area contributed by atoms with Crippen molar-refractivity contribution < 1.29 is 4.39 Å². The average molecular weight is 581 g/mol. The number of hydrogen-bond acceptors (Lipinski definition) is 8. The molecule has 5 saturated carbocycles. The number of benzene rings is 1. The Morgan fingerprint density at radius 1 is 1.07 bits per heavy atom. The van der Waals surface area contributed by atoms with E-state index in [1.807, 2.05) is 17.3 Å². The van der Waals surface area contributed by atoms with Gasteiger partial charge in [0.1, 0.15) is 13.9 Å². The number of rotatable bonds is 7. The molecule has 42 heavy (non-hydrogen) atoms. The summed E-state index contributed by atoms with van der Waals surface area (Å²) < 4.78 is 13.8. The Bertz CT molecular complexity index is 1610. The zero-order chi connectivity index (χ0) is 28.6. The number of anilines is 2. The van der Waals surface area contributed by atoms with Gasteiger partial charge in [-0.05, 0) is 92.4 Å². The third-order valence-electron chi connectivity index (χ3n) is 10.1. The zero-order valence-electron chi connectivity index (χ0n) is 23.1. The van der Waals surface area contributed by atoms with E-state index in [0.717, 1.165) is 35.8 Å². The molecule has 11 heteroatoms. The van der Waals surface area contributed by atoms with E-state index in [1.54, 1.807) is 18.3 Å². The van der Waals surface area contributed by atoms with Gasteiger partial charge in [-0.2, -0.15) is 9.65 Å². The first-order chi connectivity index (χ1) is 20.4. The normalized spacial score (nSPS) is 29.1. The minimum atomic E-state index is -1.30. The Labute approximate surface area is 250 Å². The van der Waals surface area contributed by atoms with E-state index in [4.69, 9.17) is 19.4 Å². The van der Waals surface area contributed by atoms with Gasteiger partial charge >= 0.3 is 0 Å². The van der Waals surface area contributed by atoms with Crippen LogP contribution in [0.5, 0.6) is 0 Å². The summed E-state index contributed by atoms with van der Waals surface area (Å²) in [5, 5.41) is 20.6. The molecule has 0 amide bonds. The first-order valence-electron chi connectivity index (χ1n) is 14.9. The highest BCUT2D eigenvalue weighted by Crippen LogP contribution is 2.54. The lowest BCUT2D eigenvalue weighted by molar-refractivity contribution is 0.00757. The van der Waals surface area contributed by atoms with Gasteiger partial charge in [0.15, 0.2) is 0 Å². The topological polar surface area (TPSA) is 101 Å². The summed E-state index contributed by atoms with van der Waals surface area (Å²) in [4.78, 5) is 8.44. The second-order valence-corrected chi connectivity index (χ2v) is 13.2. The Kier molecular flexibility index (Phi) is 6.06. The van der Waals surface area contributed by atoms with Gasteiger partial charge in [0.2, 0.25) is 5.95 Å². The summed E-state index contributed by atoms with van der Waals surface area (Å²) in [6.45, 7) is 0. The third kappa shape index (κ3) is 4.37. The lowest BCUT2D eigenvalue weighted by Crippen LogP contribution is -2.51. The van der Waals surface area contributed by atoms with Gasteiger partial charge in [0.25, 0.3) is 0 Å². The van der Waals surface area contributed by atoms with Crippen molar-refractivity contribution in [3.8, 4) is 6.07 Å². The predicted octanol–water partition coefficient (Wildman–Crippen LogP) is 5.29. The molecule has 8 nitrogen and oxygen atoms in total. The number of halogens is 2. The van der Waals surface area contributed by atoms with Gasteiger partial charge < -0.3 is 16.1 Å². The van der Waals surface area contributed by atoms with Gasteiger partial charge in [-0.3, -0.25) is 9.99 Å². The fraction of sp³-hybridized carbons (Fsp3) is 0.452. The highest BCUT2D eigenvalue weighted by atomic mass is 35.5. The number of aromatic nitrogens is 2. The summed E-state index contributed by atoms with van der Waals surface area (Å²) in [6.07, 6.45) is 13.6. The van der Waals surface area contributed by atoms with Crippen LogP contribution in [0.4, 0.5) is 15.8 Å².